The maximum atomic E-state index is 12.2. The highest BCUT2D eigenvalue weighted by Crippen LogP contribution is 2.09. The third-order valence-electron chi connectivity index (χ3n) is 4.86. The first-order valence-corrected chi connectivity index (χ1v) is 11.0. The summed E-state index contributed by atoms with van der Waals surface area (Å²) in [6.07, 6.45) is 0.775. The summed E-state index contributed by atoms with van der Waals surface area (Å²) in [5, 5.41) is 17.1. The number of thiophene rings is 1. The van der Waals surface area contributed by atoms with Crippen LogP contribution < -0.4 is 10.6 Å². The third-order valence-corrected chi connectivity index (χ3v) is 5.73. The number of guanidine groups is 1. The molecule has 0 aliphatic heterocycles. The molecule has 2 N–H and O–H groups in total. The van der Waals surface area contributed by atoms with Crippen LogP contribution >= 0.6 is 35.3 Å². The van der Waals surface area contributed by atoms with Crippen LogP contribution in [0.15, 0.2) is 46.8 Å². The fourth-order valence-electron chi connectivity index (χ4n) is 2.94. The lowest BCUT2D eigenvalue weighted by Crippen LogP contribution is -2.38. The van der Waals surface area contributed by atoms with Crippen LogP contribution in [0.3, 0.4) is 0 Å². The van der Waals surface area contributed by atoms with Gasteiger partial charge >= 0.3 is 0 Å². The summed E-state index contributed by atoms with van der Waals surface area (Å²) in [4.78, 5) is 19.7. The van der Waals surface area contributed by atoms with Gasteiger partial charge in [0.05, 0.1) is 6.54 Å². The number of benzene rings is 1. The fourth-order valence-corrected chi connectivity index (χ4v) is 3.58. The number of aryl methyl sites for hydroxylation is 1. The summed E-state index contributed by atoms with van der Waals surface area (Å²) in [5.41, 5.74) is 1.80. The molecule has 0 atom stereocenters. The van der Waals surface area contributed by atoms with Crippen molar-refractivity contribution in [1.29, 1.82) is 0 Å². The number of nitrogens with zero attached hydrogens (tertiary/aromatic N) is 5. The summed E-state index contributed by atoms with van der Waals surface area (Å²) in [6, 6.07) is 11.9. The minimum absolute atomic E-state index is 0. The second-order valence-electron chi connectivity index (χ2n) is 7.40. The van der Waals surface area contributed by atoms with Crippen molar-refractivity contribution in [3.63, 3.8) is 0 Å². The van der Waals surface area contributed by atoms with Crippen molar-refractivity contribution in [3.8, 4) is 0 Å². The number of aliphatic imine (C=N–C) groups is 1. The Bertz CT molecular complexity index is 1030. The molecule has 0 spiro atoms. The quantitative estimate of drug-likeness (QED) is 0.248. The topological polar surface area (TPSA) is 87.4 Å². The Kier molecular flexibility index (Phi) is 10.1. The molecule has 0 aliphatic rings. The number of hydrogen-bond acceptors (Lipinski definition) is 5. The fraction of sp³-hybridized carbons (Fsp3) is 0.364. The van der Waals surface area contributed by atoms with Crippen molar-refractivity contribution in [2.45, 2.75) is 26.4 Å². The van der Waals surface area contributed by atoms with Crippen molar-refractivity contribution in [2.24, 2.45) is 12.0 Å². The lowest BCUT2D eigenvalue weighted by molar-refractivity contribution is 0.0827. The van der Waals surface area contributed by atoms with Gasteiger partial charge in [-0.05, 0) is 42.5 Å². The van der Waals surface area contributed by atoms with Crippen LogP contribution in [-0.4, -0.2) is 52.2 Å². The van der Waals surface area contributed by atoms with E-state index in [-0.39, 0.29) is 29.9 Å². The van der Waals surface area contributed by atoms with E-state index in [4.69, 9.17) is 0 Å². The van der Waals surface area contributed by atoms with E-state index in [9.17, 15) is 4.79 Å². The predicted octanol–water partition coefficient (Wildman–Crippen LogP) is 2.98. The van der Waals surface area contributed by atoms with Crippen LogP contribution in [0.1, 0.15) is 32.4 Å². The van der Waals surface area contributed by atoms with Crippen LogP contribution in [0.4, 0.5) is 0 Å². The number of aromatic nitrogens is 3. The van der Waals surface area contributed by atoms with E-state index < -0.39 is 0 Å². The minimum atomic E-state index is 0. The molecule has 3 rings (SSSR count). The highest BCUT2D eigenvalue weighted by atomic mass is 127. The van der Waals surface area contributed by atoms with Crippen LogP contribution in [0, 0.1) is 6.92 Å². The Labute approximate surface area is 210 Å². The van der Waals surface area contributed by atoms with Gasteiger partial charge in [0.15, 0.2) is 11.8 Å². The van der Waals surface area contributed by atoms with E-state index in [0.717, 1.165) is 29.6 Å². The molecular weight excluding hydrogens is 537 g/mol. The Morgan fingerprint density at radius 1 is 1.19 bits per heavy atom. The van der Waals surface area contributed by atoms with E-state index in [1.54, 1.807) is 30.3 Å². The molecule has 0 bridgehead atoms. The number of nitrogens with one attached hydrogen (secondary N) is 2. The van der Waals surface area contributed by atoms with Crippen molar-refractivity contribution in [1.82, 2.24) is 30.3 Å². The predicted molar refractivity (Wildman–Crippen MR) is 140 cm³/mol. The molecule has 10 heteroatoms. The van der Waals surface area contributed by atoms with Crippen LogP contribution in [-0.2, 0) is 26.6 Å². The maximum absolute atomic E-state index is 12.2. The molecule has 0 unspecified atom stereocenters. The maximum Gasteiger partial charge on any atom is 0.253 e. The van der Waals surface area contributed by atoms with Gasteiger partial charge in [0.1, 0.15) is 12.4 Å². The van der Waals surface area contributed by atoms with Gasteiger partial charge in [0.25, 0.3) is 5.91 Å². The van der Waals surface area contributed by atoms with Gasteiger partial charge in [0, 0.05) is 38.1 Å². The first-order chi connectivity index (χ1) is 14.9. The number of hydrogen-bond donors (Lipinski definition) is 2. The van der Waals surface area contributed by atoms with Crippen LogP contribution in [0.25, 0.3) is 0 Å². The van der Waals surface area contributed by atoms with E-state index >= 15 is 0 Å². The first kappa shape index (κ1) is 25.8. The summed E-state index contributed by atoms with van der Waals surface area (Å²) >= 11 is 1.70. The number of halogens is 1. The van der Waals surface area contributed by atoms with E-state index in [0.29, 0.717) is 25.2 Å². The molecule has 3 aromatic rings. The molecule has 0 fully saturated rings. The van der Waals surface area contributed by atoms with E-state index in [2.05, 4.69) is 37.3 Å². The van der Waals surface area contributed by atoms with Gasteiger partial charge in [-0.3, -0.25) is 4.79 Å². The zero-order valence-corrected chi connectivity index (χ0v) is 22.0. The lowest BCUT2D eigenvalue weighted by atomic mass is 10.1. The van der Waals surface area contributed by atoms with E-state index in [1.807, 2.05) is 48.9 Å². The standard InChI is InChI=1S/C22H29N7OS.HI/c1-16-26-27-20(29(16)4)15-25-22(24-14-19-9-6-12-31-19)23-11-10-17-7-5-8-18(13-17)21(30)28(2)3;/h5-9,12-13H,10-11,14-15H2,1-4H3,(H2,23,24,25);1H. The molecule has 2 aromatic heterocycles. The van der Waals surface area contributed by atoms with Crippen LogP contribution in [0.5, 0.6) is 0 Å². The first-order valence-electron chi connectivity index (χ1n) is 10.1. The van der Waals surface area contributed by atoms with Crippen LogP contribution in [0.2, 0.25) is 0 Å². The van der Waals surface area contributed by atoms with Gasteiger partial charge in [0.2, 0.25) is 0 Å². The Hall–Kier alpha value is -2.47. The number of rotatable bonds is 8. The number of carbonyl (C=O) groups is 1. The highest BCUT2D eigenvalue weighted by Gasteiger charge is 2.09. The Balaban J connectivity index is 0.00000363. The molecule has 0 aliphatic carbocycles. The van der Waals surface area contributed by atoms with Crippen molar-refractivity contribution < 1.29 is 4.79 Å². The molecule has 1 aromatic carbocycles. The second-order valence-corrected chi connectivity index (χ2v) is 8.43. The molecule has 172 valence electrons. The molecule has 8 nitrogen and oxygen atoms in total. The van der Waals surface area contributed by atoms with Gasteiger partial charge in [-0.1, -0.05) is 18.2 Å². The third kappa shape index (κ3) is 7.30. The van der Waals surface area contributed by atoms with Crippen molar-refractivity contribution in [3.05, 3.63) is 69.4 Å². The normalized spacial score (nSPS) is 11.1. The lowest BCUT2D eigenvalue weighted by Gasteiger charge is -2.13. The summed E-state index contributed by atoms with van der Waals surface area (Å²) in [6.45, 7) is 3.75. The molecule has 0 radical (unpaired) electrons. The summed E-state index contributed by atoms with van der Waals surface area (Å²) in [5.74, 6) is 2.39. The monoisotopic (exact) mass is 567 g/mol. The van der Waals surface area contributed by atoms with Gasteiger partial charge in [-0.25, -0.2) is 4.99 Å². The number of amides is 1. The molecule has 0 saturated carbocycles. The van der Waals surface area contributed by atoms with Gasteiger partial charge < -0.3 is 20.1 Å². The number of carbonyl (C=O) groups excluding carboxylic acids is 1. The molecular formula is C22H30IN7OS. The Morgan fingerprint density at radius 3 is 2.66 bits per heavy atom. The van der Waals surface area contributed by atoms with Crippen molar-refractivity contribution in [2.75, 3.05) is 20.6 Å². The van der Waals surface area contributed by atoms with E-state index in [1.165, 1.54) is 4.88 Å². The average molecular weight is 568 g/mol. The summed E-state index contributed by atoms with van der Waals surface area (Å²) < 4.78 is 1.94. The van der Waals surface area contributed by atoms with Gasteiger partial charge in [-0.2, -0.15) is 0 Å². The molecule has 2 heterocycles. The average Bonchev–Trinajstić information content (AvgIpc) is 3.40. The minimum Gasteiger partial charge on any atom is -0.356 e. The zero-order chi connectivity index (χ0) is 22.2. The SMILES string of the molecule is Cc1nnc(CN=C(NCCc2cccc(C(=O)N(C)C)c2)NCc2cccs2)n1C.I. The largest absolute Gasteiger partial charge is 0.356 e. The second kappa shape index (κ2) is 12.5. The van der Waals surface area contributed by atoms with Crippen molar-refractivity contribution >= 4 is 47.2 Å². The molecule has 1 amide bonds. The molecule has 0 saturated heterocycles. The van der Waals surface area contributed by atoms with Gasteiger partial charge in [-0.15, -0.1) is 45.5 Å². The zero-order valence-electron chi connectivity index (χ0n) is 18.8. The Morgan fingerprint density at radius 2 is 2.00 bits per heavy atom. The molecule has 32 heavy (non-hydrogen) atoms. The smallest absolute Gasteiger partial charge is 0.253 e. The highest BCUT2D eigenvalue weighted by molar-refractivity contribution is 14.0. The summed E-state index contributed by atoms with van der Waals surface area (Å²) in [7, 11) is 5.46.